The van der Waals surface area contributed by atoms with Gasteiger partial charge in [0.15, 0.2) is 0 Å². The minimum atomic E-state index is 0. The molecule has 8 nitrogen and oxygen atoms in total. The monoisotopic (exact) mass is 996 g/mol. The van der Waals surface area contributed by atoms with Gasteiger partial charge in [0, 0.05) is 21.5 Å². The first kappa shape index (κ1) is 45.4. The third kappa shape index (κ3) is 7.38. The second-order valence-electron chi connectivity index (χ2n) is 17.8. The number of methoxy groups -OCH3 is 4. The molecular weight excluding hydrogens is 954 g/mol. The molecule has 0 spiro atoms. The topological polar surface area (TPSA) is 90.9 Å². The Balaban J connectivity index is 0.00000543. The van der Waals surface area contributed by atoms with E-state index in [-0.39, 0.29) is 19.5 Å². The van der Waals surface area contributed by atoms with Crippen molar-refractivity contribution in [2.45, 2.75) is 0 Å². The molecule has 0 N–H and O–H groups in total. The SMILES string of the molecule is COc1cccc2cccc(-c3c4nc(c(-c5cccc6cccc(OC)c56)c5ccc([n-]5)c(-c5cccc6cccc(OC)c56)c5nc(c(-c6cccc7cccc(OC)c67)c6ccc3[n-]6)C=C5)C=C4)c12.[Zn+2]. The summed E-state index contributed by atoms with van der Waals surface area (Å²) in [7, 11) is 6.87. The zero-order valence-electron chi connectivity index (χ0n) is 40.6. The van der Waals surface area contributed by atoms with Crippen LogP contribution in [0.4, 0.5) is 0 Å². The first-order chi connectivity index (χ1) is 35.5. The summed E-state index contributed by atoms with van der Waals surface area (Å²) in [6.45, 7) is 0. The average Bonchev–Trinajstić information content (AvgIpc) is 4.29. The molecule has 2 aliphatic rings. The Morgan fingerprint density at radius 2 is 0.507 bits per heavy atom. The van der Waals surface area contributed by atoms with E-state index in [1.807, 2.05) is 48.5 Å². The summed E-state index contributed by atoms with van der Waals surface area (Å²) in [6, 6.07) is 58.3. The minimum absolute atomic E-state index is 0. The van der Waals surface area contributed by atoms with Crippen LogP contribution in [0.5, 0.6) is 23.0 Å². The molecular formula is C64H44N4O4Zn. The fraction of sp³-hybridized carbons (Fsp3) is 0.0625. The number of hydrogen-bond acceptors (Lipinski definition) is 6. The van der Waals surface area contributed by atoms with Crippen LogP contribution in [0.25, 0.3) is 134 Å². The van der Waals surface area contributed by atoms with Crippen LogP contribution in [0, 0.1) is 0 Å². The molecule has 8 bridgehead atoms. The molecule has 11 aromatic rings. The fourth-order valence-electron chi connectivity index (χ4n) is 10.9. The molecule has 13 rings (SSSR count). The summed E-state index contributed by atoms with van der Waals surface area (Å²) in [5.41, 5.74) is 13.1. The number of aromatic nitrogens is 4. The van der Waals surface area contributed by atoms with Crippen LogP contribution in [-0.4, -0.2) is 38.4 Å². The molecule has 5 heterocycles. The molecule has 3 aromatic heterocycles. The quantitative estimate of drug-likeness (QED) is 0.139. The van der Waals surface area contributed by atoms with E-state index in [1.54, 1.807) is 28.4 Å². The van der Waals surface area contributed by atoms with Gasteiger partial charge < -0.3 is 28.9 Å². The molecule has 8 aromatic carbocycles. The molecule has 0 unspecified atom stereocenters. The van der Waals surface area contributed by atoms with Crippen molar-refractivity contribution < 1.29 is 38.4 Å². The van der Waals surface area contributed by atoms with Crippen LogP contribution in [0.1, 0.15) is 22.8 Å². The van der Waals surface area contributed by atoms with Crippen molar-refractivity contribution in [3.05, 3.63) is 193 Å². The Morgan fingerprint density at radius 3 is 0.726 bits per heavy atom. The molecule has 9 heteroatoms. The van der Waals surface area contributed by atoms with Gasteiger partial charge >= 0.3 is 19.5 Å². The number of ether oxygens (including phenoxy) is 4. The first-order valence-electron chi connectivity index (χ1n) is 23.8. The van der Waals surface area contributed by atoms with E-state index in [4.69, 9.17) is 38.9 Å². The molecule has 0 radical (unpaired) electrons. The summed E-state index contributed by atoms with van der Waals surface area (Å²) >= 11 is 0. The maximum atomic E-state index is 6.10. The minimum Gasteiger partial charge on any atom is -0.657 e. The second kappa shape index (κ2) is 18.4. The Bertz CT molecular complexity index is 3740. The van der Waals surface area contributed by atoms with Crippen molar-refractivity contribution in [3.8, 4) is 67.5 Å². The summed E-state index contributed by atoms with van der Waals surface area (Å²) in [4.78, 5) is 22.6. The molecule has 0 amide bonds. The van der Waals surface area contributed by atoms with E-state index >= 15 is 0 Å². The van der Waals surface area contributed by atoms with Gasteiger partial charge in [0.1, 0.15) is 23.0 Å². The van der Waals surface area contributed by atoms with Gasteiger partial charge in [-0.3, -0.25) is 0 Å². The summed E-state index contributed by atoms with van der Waals surface area (Å²) in [5, 5.41) is 7.99. The van der Waals surface area contributed by atoms with Crippen molar-refractivity contribution in [1.82, 2.24) is 19.9 Å². The maximum Gasteiger partial charge on any atom is 2.00 e. The van der Waals surface area contributed by atoms with E-state index < -0.39 is 0 Å². The van der Waals surface area contributed by atoms with Crippen LogP contribution >= 0.6 is 0 Å². The van der Waals surface area contributed by atoms with E-state index in [2.05, 4.69) is 146 Å². The smallest absolute Gasteiger partial charge is 0.657 e. The molecule has 0 atom stereocenters. The fourth-order valence-corrected chi connectivity index (χ4v) is 10.9. The molecule has 0 saturated carbocycles. The van der Waals surface area contributed by atoms with Gasteiger partial charge in [-0.2, -0.15) is 0 Å². The van der Waals surface area contributed by atoms with E-state index in [0.717, 1.165) is 155 Å². The van der Waals surface area contributed by atoms with Crippen molar-refractivity contribution in [2.24, 2.45) is 0 Å². The molecule has 0 aliphatic carbocycles. The Hall–Kier alpha value is -8.78. The molecule has 346 valence electrons. The van der Waals surface area contributed by atoms with E-state index in [1.165, 1.54) is 0 Å². The zero-order chi connectivity index (χ0) is 48.5. The Morgan fingerprint density at radius 1 is 0.288 bits per heavy atom. The molecule has 0 saturated heterocycles. The second-order valence-corrected chi connectivity index (χ2v) is 17.8. The largest absolute Gasteiger partial charge is 2.00 e. The summed E-state index contributed by atoms with van der Waals surface area (Å²) in [5.74, 6) is 3.02. The van der Waals surface area contributed by atoms with Gasteiger partial charge in [0.05, 0.1) is 51.2 Å². The first-order valence-corrected chi connectivity index (χ1v) is 23.8. The summed E-state index contributed by atoms with van der Waals surface area (Å²) in [6.07, 6.45) is 8.40. The van der Waals surface area contributed by atoms with Gasteiger partial charge in [-0.15, -0.1) is 22.1 Å². The third-order valence-electron chi connectivity index (χ3n) is 14.0. The van der Waals surface area contributed by atoms with Crippen molar-refractivity contribution in [1.29, 1.82) is 0 Å². The average molecular weight is 998 g/mol. The number of rotatable bonds is 8. The number of benzene rings is 8. The zero-order valence-corrected chi connectivity index (χ0v) is 43.6. The number of nitrogens with zero attached hydrogens (tertiary/aromatic N) is 4. The van der Waals surface area contributed by atoms with Crippen LogP contribution in [0.3, 0.4) is 0 Å². The Labute approximate surface area is 434 Å². The van der Waals surface area contributed by atoms with Crippen molar-refractivity contribution in [3.63, 3.8) is 0 Å². The maximum absolute atomic E-state index is 6.10. The number of hydrogen-bond donors (Lipinski definition) is 0. The molecule has 2 aliphatic heterocycles. The molecule has 0 fully saturated rings. The summed E-state index contributed by atoms with van der Waals surface area (Å²) < 4.78 is 24.4. The van der Waals surface area contributed by atoms with Gasteiger partial charge in [-0.1, -0.05) is 146 Å². The normalized spacial score (nSPS) is 11.9. The predicted molar refractivity (Wildman–Crippen MR) is 295 cm³/mol. The van der Waals surface area contributed by atoms with Gasteiger partial charge in [0.2, 0.25) is 0 Å². The third-order valence-corrected chi connectivity index (χ3v) is 14.0. The molecule has 73 heavy (non-hydrogen) atoms. The number of fused-ring (bicyclic) bond motifs is 12. The predicted octanol–water partition coefficient (Wildman–Crippen LogP) is 15.2. The van der Waals surface area contributed by atoms with Gasteiger partial charge in [0.25, 0.3) is 0 Å². The van der Waals surface area contributed by atoms with Crippen LogP contribution in [-0.2, 0) is 19.5 Å². The Kier molecular flexibility index (Phi) is 11.5. The van der Waals surface area contributed by atoms with Crippen molar-refractivity contribution in [2.75, 3.05) is 28.4 Å². The van der Waals surface area contributed by atoms with Crippen molar-refractivity contribution >= 4 is 89.5 Å². The standard InChI is InChI=1S/C64H44N4O4.Zn/c1-69-53-25-9-17-37-13-5-21-41(57(37)53)61-45-29-31-47(65-45)62(42-22-6-14-38-18-10-26-54(70-2)58(38)42)49-33-35-51(67-49)64(44-24-8-16-40-20-12-28-56(72-4)60(40)44)52-36-34-50(68-52)63(48-32-30-46(61)66-48)43-23-7-15-39-19-11-27-55(71-3)59(39)43;/h5-36H,1-4H3;/q-2;+2. The van der Waals surface area contributed by atoms with Gasteiger partial charge in [-0.25, -0.2) is 9.97 Å². The van der Waals surface area contributed by atoms with Crippen LogP contribution in [0.15, 0.2) is 170 Å². The van der Waals surface area contributed by atoms with E-state index in [0.29, 0.717) is 0 Å². The van der Waals surface area contributed by atoms with Crippen LogP contribution < -0.4 is 28.9 Å². The van der Waals surface area contributed by atoms with E-state index in [9.17, 15) is 0 Å². The van der Waals surface area contributed by atoms with Gasteiger partial charge in [-0.05, 0) is 115 Å². The van der Waals surface area contributed by atoms with Crippen LogP contribution in [0.2, 0.25) is 0 Å².